The molecule has 0 bridgehead atoms. The van der Waals surface area contributed by atoms with Gasteiger partial charge in [0.1, 0.15) is 11.5 Å². The zero-order chi connectivity index (χ0) is 14.5. The fourth-order valence-electron chi connectivity index (χ4n) is 2.71. The number of piperidine rings is 1. The summed E-state index contributed by atoms with van der Waals surface area (Å²) in [5.74, 6) is 1.42. The molecule has 1 amide bonds. The molecular weight excluding hydrogens is 256 g/mol. The van der Waals surface area contributed by atoms with Gasteiger partial charge in [-0.1, -0.05) is 0 Å². The van der Waals surface area contributed by atoms with E-state index in [-0.39, 0.29) is 18.6 Å². The highest BCUT2D eigenvalue weighted by molar-refractivity contribution is 5.95. The fourth-order valence-corrected chi connectivity index (χ4v) is 2.71. The zero-order valence-electron chi connectivity index (χ0n) is 12.3. The molecular formula is C15H24N2O3. The van der Waals surface area contributed by atoms with Crippen LogP contribution in [0.1, 0.15) is 41.1 Å². The number of aliphatic hydroxyl groups is 1. The summed E-state index contributed by atoms with van der Waals surface area (Å²) in [4.78, 5) is 14.5. The number of amides is 1. The van der Waals surface area contributed by atoms with Crippen LogP contribution >= 0.6 is 0 Å². The van der Waals surface area contributed by atoms with Crippen molar-refractivity contribution in [2.24, 2.45) is 0 Å². The van der Waals surface area contributed by atoms with Crippen LogP contribution in [0.2, 0.25) is 0 Å². The Labute approximate surface area is 119 Å². The van der Waals surface area contributed by atoms with Crippen LogP contribution in [0, 0.1) is 13.8 Å². The molecule has 0 aromatic carbocycles. The Morgan fingerprint density at radius 1 is 1.45 bits per heavy atom. The van der Waals surface area contributed by atoms with Crippen molar-refractivity contribution in [2.75, 3.05) is 26.2 Å². The summed E-state index contributed by atoms with van der Waals surface area (Å²) in [6.07, 6.45) is 2.75. The van der Waals surface area contributed by atoms with Crippen molar-refractivity contribution >= 4 is 5.91 Å². The van der Waals surface area contributed by atoms with E-state index in [1.165, 1.54) is 0 Å². The Hall–Kier alpha value is -1.33. The third-order valence-electron chi connectivity index (χ3n) is 3.84. The van der Waals surface area contributed by atoms with Gasteiger partial charge < -0.3 is 19.7 Å². The number of aliphatic hydroxyl groups excluding tert-OH is 1. The molecule has 0 atom stereocenters. The van der Waals surface area contributed by atoms with E-state index >= 15 is 0 Å². The van der Waals surface area contributed by atoms with E-state index in [2.05, 4.69) is 10.2 Å². The molecule has 1 aromatic heterocycles. The fraction of sp³-hybridized carbons (Fsp3) is 0.667. The molecule has 0 radical (unpaired) electrons. The molecule has 1 fully saturated rings. The third-order valence-corrected chi connectivity index (χ3v) is 3.84. The molecule has 0 saturated carbocycles. The van der Waals surface area contributed by atoms with Crippen molar-refractivity contribution in [3.8, 4) is 0 Å². The second-order valence-electron chi connectivity index (χ2n) is 5.49. The number of aryl methyl sites for hydroxylation is 2. The van der Waals surface area contributed by atoms with Crippen LogP contribution in [0.25, 0.3) is 0 Å². The first-order valence-corrected chi connectivity index (χ1v) is 7.31. The normalized spacial score (nSPS) is 17.4. The minimum atomic E-state index is -0.0341. The Kier molecular flexibility index (Phi) is 5.20. The second-order valence-corrected chi connectivity index (χ2v) is 5.49. The van der Waals surface area contributed by atoms with E-state index in [1.54, 1.807) is 6.07 Å². The predicted molar refractivity (Wildman–Crippen MR) is 76.8 cm³/mol. The van der Waals surface area contributed by atoms with Gasteiger partial charge in [-0.2, -0.15) is 0 Å². The van der Waals surface area contributed by atoms with Crippen LogP contribution in [0.5, 0.6) is 0 Å². The molecule has 1 saturated heterocycles. The summed E-state index contributed by atoms with van der Waals surface area (Å²) in [6.45, 7) is 6.82. The zero-order valence-corrected chi connectivity index (χ0v) is 12.3. The number of likely N-dealkylation sites (tertiary alicyclic amines) is 1. The molecule has 0 unspecified atom stereocenters. The van der Waals surface area contributed by atoms with E-state index in [4.69, 9.17) is 9.52 Å². The van der Waals surface area contributed by atoms with Crippen LogP contribution in [0.15, 0.2) is 10.5 Å². The molecule has 5 nitrogen and oxygen atoms in total. The Balaban J connectivity index is 1.80. The van der Waals surface area contributed by atoms with Gasteiger partial charge in [-0.15, -0.1) is 0 Å². The maximum atomic E-state index is 12.2. The van der Waals surface area contributed by atoms with Crippen LogP contribution in [0.3, 0.4) is 0 Å². The van der Waals surface area contributed by atoms with E-state index < -0.39 is 0 Å². The highest BCUT2D eigenvalue weighted by Gasteiger charge is 2.22. The lowest BCUT2D eigenvalue weighted by molar-refractivity contribution is 0.0908. The highest BCUT2D eigenvalue weighted by atomic mass is 16.3. The first-order valence-electron chi connectivity index (χ1n) is 7.31. The quantitative estimate of drug-likeness (QED) is 0.857. The van der Waals surface area contributed by atoms with Crippen LogP contribution in [0.4, 0.5) is 0 Å². The molecule has 20 heavy (non-hydrogen) atoms. The third kappa shape index (κ3) is 3.84. The average molecular weight is 280 g/mol. The van der Waals surface area contributed by atoms with Crippen molar-refractivity contribution in [1.29, 1.82) is 0 Å². The van der Waals surface area contributed by atoms with Crippen molar-refractivity contribution in [3.05, 3.63) is 23.2 Å². The standard InChI is InChI=1S/C15H24N2O3/c1-11-10-14(12(2)20-11)15(19)16-13-4-7-17(8-5-13)6-3-9-18/h10,13,18H,3-9H2,1-2H3,(H,16,19). The number of carbonyl (C=O) groups excluding carboxylic acids is 1. The van der Waals surface area contributed by atoms with Gasteiger partial charge in [-0.25, -0.2) is 0 Å². The lowest BCUT2D eigenvalue weighted by Gasteiger charge is -2.32. The summed E-state index contributed by atoms with van der Waals surface area (Å²) in [5.41, 5.74) is 0.644. The molecule has 0 spiro atoms. The molecule has 112 valence electrons. The molecule has 2 heterocycles. The highest BCUT2D eigenvalue weighted by Crippen LogP contribution is 2.16. The van der Waals surface area contributed by atoms with Gasteiger partial charge in [0, 0.05) is 32.3 Å². The number of carbonyl (C=O) groups is 1. The predicted octanol–water partition coefficient (Wildman–Crippen LogP) is 1.47. The minimum absolute atomic E-state index is 0.0341. The van der Waals surface area contributed by atoms with Crippen molar-refractivity contribution < 1.29 is 14.3 Å². The minimum Gasteiger partial charge on any atom is -0.466 e. The van der Waals surface area contributed by atoms with E-state index in [0.717, 1.165) is 44.7 Å². The molecule has 5 heteroatoms. The Bertz CT molecular complexity index is 448. The molecule has 0 aliphatic carbocycles. The molecule has 1 aromatic rings. The number of hydrogen-bond donors (Lipinski definition) is 2. The van der Waals surface area contributed by atoms with Gasteiger partial charge in [0.25, 0.3) is 5.91 Å². The summed E-state index contributed by atoms with van der Waals surface area (Å²) in [5, 5.41) is 11.9. The van der Waals surface area contributed by atoms with Gasteiger partial charge in [0.2, 0.25) is 0 Å². The first kappa shape index (κ1) is 15.1. The number of hydrogen-bond acceptors (Lipinski definition) is 4. The number of rotatable bonds is 5. The van der Waals surface area contributed by atoms with E-state index in [9.17, 15) is 4.79 Å². The summed E-state index contributed by atoms with van der Waals surface area (Å²) in [7, 11) is 0. The van der Waals surface area contributed by atoms with Crippen molar-refractivity contribution in [2.45, 2.75) is 39.2 Å². The Morgan fingerprint density at radius 3 is 2.70 bits per heavy atom. The monoisotopic (exact) mass is 280 g/mol. The van der Waals surface area contributed by atoms with E-state index in [1.807, 2.05) is 13.8 Å². The molecule has 2 N–H and O–H groups in total. The van der Waals surface area contributed by atoms with Crippen LogP contribution < -0.4 is 5.32 Å². The Morgan fingerprint density at radius 2 is 2.15 bits per heavy atom. The summed E-state index contributed by atoms with van der Waals surface area (Å²) in [6, 6.07) is 2.03. The van der Waals surface area contributed by atoms with Gasteiger partial charge in [0.05, 0.1) is 5.56 Å². The van der Waals surface area contributed by atoms with Crippen LogP contribution in [-0.4, -0.2) is 48.2 Å². The molecule has 2 rings (SSSR count). The molecule has 1 aliphatic rings. The lowest BCUT2D eigenvalue weighted by Crippen LogP contribution is -2.45. The number of furan rings is 1. The number of nitrogens with one attached hydrogen (secondary N) is 1. The smallest absolute Gasteiger partial charge is 0.255 e. The SMILES string of the molecule is Cc1cc(C(=O)NC2CCN(CCCO)CC2)c(C)o1. The second kappa shape index (κ2) is 6.90. The maximum absolute atomic E-state index is 12.2. The molecule has 1 aliphatic heterocycles. The van der Waals surface area contributed by atoms with Gasteiger partial charge in [-0.3, -0.25) is 4.79 Å². The number of nitrogens with zero attached hydrogens (tertiary/aromatic N) is 1. The van der Waals surface area contributed by atoms with Crippen LogP contribution in [-0.2, 0) is 0 Å². The van der Waals surface area contributed by atoms with Gasteiger partial charge >= 0.3 is 0 Å². The van der Waals surface area contributed by atoms with Gasteiger partial charge in [0.15, 0.2) is 0 Å². The maximum Gasteiger partial charge on any atom is 0.255 e. The lowest BCUT2D eigenvalue weighted by atomic mass is 10.0. The summed E-state index contributed by atoms with van der Waals surface area (Å²) < 4.78 is 5.39. The topological polar surface area (TPSA) is 65.7 Å². The largest absolute Gasteiger partial charge is 0.466 e. The first-order chi connectivity index (χ1) is 9.60. The van der Waals surface area contributed by atoms with E-state index in [0.29, 0.717) is 11.3 Å². The van der Waals surface area contributed by atoms with Crippen molar-refractivity contribution in [3.63, 3.8) is 0 Å². The average Bonchev–Trinajstić information content (AvgIpc) is 2.77. The van der Waals surface area contributed by atoms with Crippen molar-refractivity contribution in [1.82, 2.24) is 10.2 Å². The summed E-state index contributed by atoms with van der Waals surface area (Å²) >= 11 is 0. The van der Waals surface area contributed by atoms with Gasteiger partial charge in [-0.05, 0) is 39.2 Å².